The maximum Gasteiger partial charge on any atom is 0.119 e. The van der Waals surface area contributed by atoms with E-state index in [1.54, 1.807) is 14.2 Å². The normalized spacial score (nSPS) is 11.3. The summed E-state index contributed by atoms with van der Waals surface area (Å²) in [7, 11) is 3.33. The molecular weight excluding hydrogens is 408 g/mol. The lowest BCUT2D eigenvalue weighted by molar-refractivity contribution is 0.414. The van der Waals surface area contributed by atoms with E-state index in [4.69, 9.17) is 9.47 Å². The Morgan fingerprint density at radius 2 is 1.14 bits per heavy atom. The van der Waals surface area contributed by atoms with Gasteiger partial charge < -0.3 is 9.47 Å². The minimum absolute atomic E-state index is 0.836. The highest BCUT2D eigenvalue weighted by Crippen LogP contribution is 2.25. The average Bonchev–Trinajstić information content (AvgIpc) is 2.54. The van der Waals surface area contributed by atoms with Crippen molar-refractivity contribution in [3.05, 3.63) is 68.6 Å². The van der Waals surface area contributed by atoms with Gasteiger partial charge in [0.2, 0.25) is 0 Å². The third-order valence-corrected chi connectivity index (χ3v) is 4.51. The number of methoxy groups -OCH3 is 2. The number of allylic oxidation sites excluding steroid dienone is 2. The summed E-state index contributed by atoms with van der Waals surface area (Å²) in [6.45, 7) is 0. The molecule has 0 atom stereocenters. The second kappa shape index (κ2) is 8.20. The standard InChI is InChI=1S/C18H16Br2O2/c1-21-15-7-9-17(19)13(11-15)5-3-4-6-14-12-16(22-2)8-10-18(14)20/h3-12H,1-2H3/b5-3-,6-4-. The van der Waals surface area contributed by atoms with Crippen LogP contribution in [0.2, 0.25) is 0 Å². The maximum absolute atomic E-state index is 5.23. The highest BCUT2D eigenvalue weighted by Gasteiger charge is 1.99. The van der Waals surface area contributed by atoms with E-state index in [1.165, 1.54) is 0 Å². The zero-order chi connectivity index (χ0) is 15.9. The van der Waals surface area contributed by atoms with Gasteiger partial charge in [-0.15, -0.1) is 0 Å². The molecule has 22 heavy (non-hydrogen) atoms. The fraction of sp³-hybridized carbons (Fsp3) is 0.111. The molecule has 0 amide bonds. The molecule has 114 valence electrons. The first-order chi connectivity index (χ1) is 10.6. The summed E-state index contributed by atoms with van der Waals surface area (Å²) in [6, 6.07) is 11.8. The van der Waals surface area contributed by atoms with Gasteiger partial charge in [0.15, 0.2) is 0 Å². The lowest BCUT2D eigenvalue weighted by atomic mass is 10.1. The molecule has 0 unspecified atom stereocenters. The molecule has 0 radical (unpaired) electrons. The van der Waals surface area contributed by atoms with Crippen LogP contribution < -0.4 is 9.47 Å². The highest BCUT2D eigenvalue weighted by atomic mass is 79.9. The van der Waals surface area contributed by atoms with Crippen LogP contribution in [0.4, 0.5) is 0 Å². The van der Waals surface area contributed by atoms with Crippen molar-refractivity contribution in [2.24, 2.45) is 0 Å². The molecule has 0 heterocycles. The van der Waals surface area contributed by atoms with Crippen LogP contribution in [0.3, 0.4) is 0 Å². The van der Waals surface area contributed by atoms with Crippen molar-refractivity contribution >= 4 is 44.0 Å². The Hall–Kier alpha value is -1.52. The SMILES string of the molecule is COc1ccc(Br)c(/C=C\C=C/c2cc(OC)ccc2Br)c1. The molecule has 0 spiro atoms. The van der Waals surface area contributed by atoms with E-state index in [9.17, 15) is 0 Å². The second-order valence-corrected chi connectivity index (χ2v) is 6.20. The number of halogens is 2. The van der Waals surface area contributed by atoms with Crippen LogP contribution in [0.25, 0.3) is 12.2 Å². The number of ether oxygens (including phenoxy) is 2. The summed E-state index contributed by atoms with van der Waals surface area (Å²) >= 11 is 7.06. The minimum Gasteiger partial charge on any atom is -0.497 e. The van der Waals surface area contributed by atoms with E-state index in [0.29, 0.717) is 0 Å². The predicted octanol–water partition coefficient (Wildman–Crippen LogP) is 5.96. The van der Waals surface area contributed by atoms with Gasteiger partial charge in [0.25, 0.3) is 0 Å². The monoisotopic (exact) mass is 422 g/mol. The highest BCUT2D eigenvalue weighted by molar-refractivity contribution is 9.10. The first-order valence-corrected chi connectivity index (χ1v) is 8.24. The van der Waals surface area contributed by atoms with Gasteiger partial charge in [-0.2, -0.15) is 0 Å². The van der Waals surface area contributed by atoms with Gasteiger partial charge in [-0.1, -0.05) is 56.2 Å². The molecular formula is C18H16Br2O2. The quantitative estimate of drug-likeness (QED) is 0.552. The van der Waals surface area contributed by atoms with Crippen LogP contribution in [0.1, 0.15) is 11.1 Å². The molecule has 0 aliphatic heterocycles. The third kappa shape index (κ3) is 4.49. The van der Waals surface area contributed by atoms with Crippen molar-refractivity contribution in [3.63, 3.8) is 0 Å². The van der Waals surface area contributed by atoms with Crippen molar-refractivity contribution < 1.29 is 9.47 Å². The van der Waals surface area contributed by atoms with Crippen LogP contribution in [0.15, 0.2) is 57.5 Å². The Morgan fingerprint density at radius 1 is 0.727 bits per heavy atom. The summed E-state index contributed by atoms with van der Waals surface area (Å²) in [4.78, 5) is 0. The molecule has 2 aromatic rings. The molecule has 2 rings (SSSR count). The molecule has 0 aliphatic rings. The molecule has 0 aliphatic carbocycles. The maximum atomic E-state index is 5.23. The van der Waals surface area contributed by atoms with Gasteiger partial charge in [-0.05, 0) is 47.5 Å². The van der Waals surface area contributed by atoms with E-state index in [-0.39, 0.29) is 0 Å². The van der Waals surface area contributed by atoms with Crippen LogP contribution in [-0.2, 0) is 0 Å². The van der Waals surface area contributed by atoms with Crippen LogP contribution in [-0.4, -0.2) is 14.2 Å². The first kappa shape index (κ1) is 16.8. The fourth-order valence-electron chi connectivity index (χ4n) is 1.87. The lowest BCUT2D eigenvalue weighted by Crippen LogP contribution is -1.84. The molecule has 0 aromatic heterocycles. The molecule has 0 saturated carbocycles. The Kier molecular flexibility index (Phi) is 6.28. The van der Waals surface area contributed by atoms with E-state index < -0.39 is 0 Å². The summed E-state index contributed by atoms with van der Waals surface area (Å²) in [5.74, 6) is 1.67. The smallest absolute Gasteiger partial charge is 0.119 e. The predicted molar refractivity (Wildman–Crippen MR) is 99.5 cm³/mol. The molecule has 0 saturated heterocycles. The number of hydrogen-bond donors (Lipinski definition) is 0. The zero-order valence-electron chi connectivity index (χ0n) is 12.3. The Bertz CT molecular complexity index is 645. The van der Waals surface area contributed by atoms with Crippen LogP contribution >= 0.6 is 31.9 Å². The molecule has 2 nitrogen and oxygen atoms in total. The number of rotatable bonds is 5. The fourth-order valence-corrected chi connectivity index (χ4v) is 2.63. The van der Waals surface area contributed by atoms with Gasteiger partial charge in [0, 0.05) is 8.95 Å². The topological polar surface area (TPSA) is 18.5 Å². The van der Waals surface area contributed by atoms with Gasteiger partial charge >= 0.3 is 0 Å². The first-order valence-electron chi connectivity index (χ1n) is 6.66. The van der Waals surface area contributed by atoms with Crippen molar-refractivity contribution in [2.45, 2.75) is 0 Å². The molecule has 4 heteroatoms. The van der Waals surface area contributed by atoms with Gasteiger partial charge in [0.1, 0.15) is 11.5 Å². The van der Waals surface area contributed by atoms with Gasteiger partial charge in [-0.25, -0.2) is 0 Å². The van der Waals surface area contributed by atoms with Crippen LogP contribution in [0, 0.1) is 0 Å². The third-order valence-electron chi connectivity index (χ3n) is 3.07. The van der Waals surface area contributed by atoms with E-state index in [1.807, 2.05) is 60.7 Å². The second-order valence-electron chi connectivity index (χ2n) is 4.49. The van der Waals surface area contributed by atoms with Crippen molar-refractivity contribution in [1.29, 1.82) is 0 Å². The molecule has 0 N–H and O–H groups in total. The minimum atomic E-state index is 0.836. The van der Waals surface area contributed by atoms with Crippen molar-refractivity contribution in [3.8, 4) is 11.5 Å². The number of hydrogen-bond acceptors (Lipinski definition) is 2. The molecule has 2 aromatic carbocycles. The molecule has 0 fully saturated rings. The lowest BCUT2D eigenvalue weighted by Gasteiger charge is -2.03. The number of benzene rings is 2. The largest absolute Gasteiger partial charge is 0.497 e. The summed E-state index contributed by atoms with van der Waals surface area (Å²) in [5.41, 5.74) is 2.13. The summed E-state index contributed by atoms with van der Waals surface area (Å²) in [5, 5.41) is 0. The van der Waals surface area contributed by atoms with Crippen LogP contribution in [0.5, 0.6) is 11.5 Å². The van der Waals surface area contributed by atoms with Crippen molar-refractivity contribution in [2.75, 3.05) is 14.2 Å². The molecule has 0 bridgehead atoms. The van der Waals surface area contributed by atoms with E-state index >= 15 is 0 Å². The van der Waals surface area contributed by atoms with E-state index in [0.717, 1.165) is 31.6 Å². The van der Waals surface area contributed by atoms with E-state index in [2.05, 4.69) is 31.9 Å². The van der Waals surface area contributed by atoms with Gasteiger partial charge in [-0.3, -0.25) is 0 Å². The Labute approximate surface area is 147 Å². The Balaban J connectivity index is 2.15. The average molecular weight is 424 g/mol. The Morgan fingerprint density at radius 3 is 1.50 bits per heavy atom. The van der Waals surface area contributed by atoms with Crippen molar-refractivity contribution in [1.82, 2.24) is 0 Å². The summed E-state index contributed by atoms with van der Waals surface area (Å²) in [6.07, 6.45) is 8.03. The zero-order valence-corrected chi connectivity index (χ0v) is 15.5. The van der Waals surface area contributed by atoms with Gasteiger partial charge in [0.05, 0.1) is 14.2 Å². The summed E-state index contributed by atoms with van der Waals surface area (Å²) < 4.78 is 12.5.